The van der Waals surface area contributed by atoms with Gasteiger partial charge in [-0.1, -0.05) is 0 Å². The monoisotopic (exact) mass is 289 g/mol. The van der Waals surface area contributed by atoms with Crippen molar-refractivity contribution < 1.29 is 14.7 Å². The zero-order valence-electron chi connectivity index (χ0n) is 7.64. The molecule has 15 heavy (non-hydrogen) atoms. The lowest BCUT2D eigenvalue weighted by Gasteiger charge is -2.36. The van der Waals surface area contributed by atoms with Crippen LogP contribution in [0.5, 0.6) is 0 Å². The van der Waals surface area contributed by atoms with Crippen molar-refractivity contribution in [2.45, 2.75) is 0 Å². The van der Waals surface area contributed by atoms with E-state index in [4.69, 9.17) is 5.11 Å². The highest BCUT2D eigenvalue weighted by atomic mass is 79.9. The van der Waals surface area contributed by atoms with Gasteiger partial charge in [0, 0.05) is 28.3 Å². The van der Waals surface area contributed by atoms with Crippen LogP contribution in [-0.2, 0) is 4.79 Å². The van der Waals surface area contributed by atoms with Gasteiger partial charge in [-0.3, -0.25) is 9.59 Å². The smallest absolute Gasteiger partial charge is 0.310 e. The van der Waals surface area contributed by atoms with Crippen LogP contribution in [0.25, 0.3) is 0 Å². The summed E-state index contributed by atoms with van der Waals surface area (Å²) in [7, 11) is 0. The van der Waals surface area contributed by atoms with Gasteiger partial charge in [-0.05, 0) is 15.9 Å². The van der Waals surface area contributed by atoms with Crippen molar-refractivity contribution in [3.63, 3.8) is 0 Å². The van der Waals surface area contributed by atoms with Crippen molar-refractivity contribution in [1.82, 2.24) is 4.90 Å². The second-order valence-electron chi connectivity index (χ2n) is 3.38. The van der Waals surface area contributed by atoms with E-state index < -0.39 is 11.9 Å². The number of halogens is 1. The Bertz CT molecular complexity index is 411. The number of rotatable bonds is 2. The molecular formula is C9H8BrNO3S. The van der Waals surface area contributed by atoms with Crippen molar-refractivity contribution >= 4 is 39.1 Å². The molecule has 0 unspecified atom stereocenters. The van der Waals surface area contributed by atoms with Crippen LogP contribution in [-0.4, -0.2) is 35.0 Å². The maximum absolute atomic E-state index is 11.8. The van der Waals surface area contributed by atoms with Crippen LogP contribution < -0.4 is 0 Å². The second kappa shape index (κ2) is 3.94. The first-order valence-corrected chi connectivity index (χ1v) is 6.07. The Kier molecular flexibility index (Phi) is 2.79. The number of carboxylic acids is 1. The van der Waals surface area contributed by atoms with Crippen LogP contribution in [0.1, 0.15) is 10.4 Å². The predicted molar refractivity (Wildman–Crippen MR) is 59.0 cm³/mol. The summed E-state index contributed by atoms with van der Waals surface area (Å²) in [4.78, 5) is 23.9. The number of thiophene rings is 1. The van der Waals surface area contributed by atoms with Gasteiger partial charge in [-0.15, -0.1) is 0 Å². The molecule has 1 saturated heterocycles. The third kappa shape index (κ3) is 1.91. The summed E-state index contributed by atoms with van der Waals surface area (Å²) < 4.78 is 0.774. The van der Waals surface area contributed by atoms with Crippen molar-refractivity contribution in [2.75, 3.05) is 13.1 Å². The van der Waals surface area contributed by atoms with Gasteiger partial charge in [0.15, 0.2) is 0 Å². The van der Waals surface area contributed by atoms with Crippen LogP contribution in [0.3, 0.4) is 0 Å². The molecule has 1 amide bonds. The molecule has 0 aromatic carbocycles. The first-order chi connectivity index (χ1) is 7.09. The molecule has 0 aliphatic carbocycles. The lowest BCUT2D eigenvalue weighted by molar-refractivity contribution is -0.146. The van der Waals surface area contributed by atoms with Crippen molar-refractivity contribution in [3.05, 3.63) is 20.8 Å². The maximum Gasteiger partial charge on any atom is 0.310 e. The fourth-order valence-corrected chi connectivity index (χ4v) is 2.84. The summed E-state index contributed by atoms with van der Waals surface area (Å²) in [6, 6.07) is 0. The number of likely N-dealkylation sites (tertiary alicyclic amines) is 1. The molecule has 0 saturated carbocycles. The number of carbonyl (C=O) groups is 2. The van der Waals surface area contributed by atoms with E-state index in [1.54, 1.807) is 10.3 Å². The molecule has 1 N–H and O–H groups in total. The van der Waals surface area contributed by atoms with E-state index in [1.807, 2.05) is 5.38 Å². The van der Waals surface area contributed by atoms with Crippen LogP contribution in [0.2, 0.25) is 0 Å². The molecular weight excluding hydrogens is 282 g/mol. The Morgan fingerprint density at radius 3 is 2.60 bits per heavy atom. The number of carbonyl (C=O) groups excluding carboxylic acids is 1. The molecule has 1 aliphatic rings. The Morgan fingerprint density at radius 2 is 2.13 bits per heavy atom. The van der Waals surface area contributed by atoms with Crippen molar-refractivity contribution in [2.24, 2.45) is 5.92 Å². The molecule has 1 aliphatic heterocycles. The SMILES string of the molecule is O=C(O)C1CN(C(=O)c2cscc2Br)C1. The minimum Gasteiger partial charge on any atom is -0.481 e. The Morgan fingerprint density at radius 1 is 1.47 bits per heavy atom. The molecule has 0 atom stereocenters. The third-order valence-corrected chi connectivity index (χ3v) is 4.07. The summed E-state index contributed by atoms with van der Waals surface area (Å²) >= 11 is 4.72. The number of carboxylic acid groups (broad SMARTS) is 1. The van der Waals surface area contributed by atoms with Gasteiger partial charge in [-0.25, -0.2) is 0 Å². The van der Waals surface area contributed by atoms with Crippen molar-refractivity contribution in [1.29, 1.82) is 0 Å². The van der Waals surface area contributed by atoms with E-state index >= 15 is 0 Å². The zero-order valence-corrected chi connectivity index (χ0v) is 10.0. The minimum absolute atomic E-state index is 0.0966. The summed E-state index contributed by atoms with van der Waals surface area (Å²) in [5.41, 5.74) is 0.615. The number of hydrogen-bond acceptors (Lipinski definition) is 3. The maximum atomic E-state index is 11.8. The predicted octanol–water partition coefficient (Wildman–Crippen LogP) is 1.67. The van der Waals surface area contributed by atoms with Crippen LogP contribution in [0, 0.1) is 5.92 Å². The van der Waals surface area contributed by atoms with Gasteiger partial charge in [0.05, 0.1) is 11.5 Å². The number of aliphatic carboxylic acids is 1. The largest absolute Gasteiger partial charge is 0.481 e. The average molecular weight is 290 g/mol. The molecule has 1 aromatic heterocycles. The quantitative estimate of drug-likeness (QED) is 0.901. The molecule has 6 heteroatoms. The van der Waals surface area contributed by atoms with Gasteiger partial charge in [-0.2, -0.15) is 11.3 Å². The van der Waals surface area contributed by atoms with Crippen LogP contribution in [0.15, 0.2) is 15.2 Å². The first kappa shape index (κ1) is 10.6. The molecule has 80 valence electrons. The van der Waals surface area contributed by atoms with Crippen LogP contribution >= 0.6 is 27.3 Å². The normalized spacial score (nSPS) is 16.2. The van der Waals surface area contributed by atoms with E-state index in [-0.39, 0.29) is 5.91 Å². The molecule has 0 spiro atoms. The van der Waals surface area contributed by atoms with E-state index in [0.717, 1.165) is 4.47 Å². The molecule has 0 bridgehead atoms. The Hall–Kier alpha value is -0.880. The lowest BCUT2D eigenvalue weighted by Crippen LogP contribution is -2.53. The highest BCUT2D eigenvalue weighted by molar-refractivity contribution is 9.10. The van der Waals surface area contributed by atoms with E-state index in [9.17, 15) is 9.59 Å². The third-order valence-electron chi connectivity index (χ3n) is 2.36. The van der Waals surface area contributed by atoms with Gasteiger partial charge in [0.1, 0.15) is 0 Å². The summed E-state index contributed by atoms with van der Waals surface area (Å²) in [5, 5.41) is 12.3. The van der Waals surface area contributed by atoms with Gasteiger partial charge >= 0.3 is 5.97 Å². The topological polar surface area (TPSA) is 57.6 Å². The van der Waals surface area contributed by atoms with Gasteiger partial charge in [0.2, 0.25) is 0 Å². The molecule has 2 rings (SSSR count). The average Bonchev–Trinajstić information content (AvgIpc) is 2.47. The van der Waals surface area contributed by atoms with Gasteiger partial charge in [0.25, 0.3) is 5.91 Å². The van der Waals surface area contributed by atoms with Crippen LogP contribution in [0.4, 0.5) is 0 Å². The first-order valence-electron chi connectivity index (χ1n) is 4.33. The number of hydrogen-bond donors (Lipinski definition) is 1. The molecule has 1 fully saturated rings. The standard InChI is InChI=1S/C9H8BrNO3S/c10-7-4-15-3-6(7)8(12)11-1-5(2-11)9(13)14/h3-5H,1-2H2,(H,13,14). The molecule has 0 radical (unpaired) electrons. The molecule has 2 heterocycles. The zero-order chi connectivity index (χ0) is 11.0. The summed E-state index contributed by atoms with van der Waals surface area (Å²) in [5.74, 6) is -1.32. The van der Waals surface area contributed by atoms with E-state index in [0.29, 0.717) is 18.7 Å². The Balaban J connectivity index is 2.01. The van der Waals surface area contributed by atoms with E-state index in [1.165, 1.54) is 11.3 Å². The number of amides is 1. The van der Waals surface area contributed by atoms with Crippen molar-refractivity contribution in [3.8, 4) is 0 Å². The summed E-state index contributed by atoms with van der Waals surface area (Å²) in [6.07, 6.45) is 0. The molecule has 1 aromatic rings. The lowest BCUT2D eigenvalue weighted by atomic mass is 10.00. The molecule has 4 nitrogen and oxygen atoms in total. The number of nitrogens with zero attached hydrogens (tertiary/aromatic N) is 1. The summed E-state index contributed by atoms with van der Waals surface area (Å²) in [6.45, 7) is 0.632. The second-order valence-corrected chi connectivity index (χ2v) is 4.98. The van der Waals surface area contributed by atoms with E-state index in [2.05, 4.69) is 15.9 Å². The highest BCUT2D eigenvalue weighted by Gasteiger charge is 2.36. The fourth-order valence-electron chi connectivity index (χ4n) is 1.41. The minimum atomic E-state index is -0.830. The highest BCUT2D eigenvalue weighted by Crippen LogP contribution is 2.26. The Labute approximate surface area is 98.6 Å². The fraction of sp³-hybridized carbons (Fsp3) is 0.333. The van der Waals surface area contributed by atoms with Gasteiger partial charge < -0.3 is 10.0 Å².